The van der Waals surface area contributed by atoms with E-state index in [1.54, 1.807) is 0 Å². The molecule has 1 rings (SSSR count). The SMILES string of the molecule is CCCC(C)CC(=O)C1(N)CCCCC1. The summed E-state index contributed by atoms with van der Waals surface area (Å²) in [5.74, 6) is 0.813. The van der Waals surface area contributed by atoms with E-state index in [0.29, 0.717) is 18.1 Å². The van der Waals surface area contributed by atoms with Gasteiger partial charge >= 0.3 is 0 Å². The predicted molar refractivity (Wildman–Crippen MR) is 63.7 cm³/mol. The number of carbonyl (C=O) groups excluding carboxylic acids is 1. The first kappa shape index (κ1) is 12.7. The van der Waals surface area contributed by atoms with Crippen LogP contribution in [0.25, 0.3) is 0 Å². The van der Waals surface area contributed by atoms with Gasteiger partial charge in [0.1, 0.15) is 0 Å². The third-order valence-corrected chi connectivity index (χ3v) is 3.62. The molecule has 0 amide bonds. The fourth-order valence-electron chi connectivity index (χ4n) is 2.58. The van der Waals surface area contributed by atoms with Gasteiger partial charge in [-0.25, -0.2) is 0 Å². The Bertz CT molecular complexity index is 207. The molecule has 1 saturated carbocycles. The maximum absolute atomic E-state index is 12.1. The third-order valence-electron chi connectivity index (χ3n) is 3.62. The Morgan fingerprint density at radius 2 is 1.93 bits per heavy atom. The number of rotatable bonds is 5. The molecule has 2 N–H and O–H groups in total. The van der Waals surface area contributed by atoms with Crippen molar-refractivity contribution in [3.8, 4) is 0 Å². The molecule has 1 unspecified atom stereocenters. The fraction of sp³-hybridized carbons (Fsp3) is 0.923. The van der Waals surface area contributed by atoms with Gasteiger partial charge in [0.25, 0.3) is 0 Å². The van der Waals surface area contributed by atoms with Gasteiger partial charge in [0.15, 0.2) is 5.78 Å². The number of carbonyl (C=O) groups is 1. The molecule has 88 valence electrons. The molecule has 1 aliphatic rings. The summed E-state index contributed by atoms with van der Waals surface area (Å²) in [5.41, 5.74) is 5.73. The largest absolute Gasteiger partial charge is 0.319 e. The number of nitrogens with two attached hydrogens (primary N) is 1. The second-order valence-electron chi connectivity index (χ2n) is 5.24. The first-order valence-electron chi connectivity index (χ1n) is 6.40. The molecule has 0 aromatic heterocycles. The normalized spacial score (nSPS) is 22.3. The van der Waals surface area contributed by atoms with Crippen LogP contribution in [0.5, 0.6) is 0 Å². The molecule has 0 aliphatic heterocycles. The summed E-state index contributed by atoms with van der Waals surface area (Å²) in [4.78, 5) is 12.1. The molecule has 0 heterocycles. The highest BCUT2D eigenvalue weighted by atomic mass is 16.1. The van der Waals surface area contributed by atoms with Crippen molar-refractivity contribution in [2.45, 2.75) is 70.8 Å². The molecule has 1 atom stereocenters. The van der Waals surface area contributed by atoms with Gasteiger partial charge in [0.05, 0.1) is 5.54 Å². The predicted octanol–water partition coefficient (Wildman–Crippen LogP) is 3.04. The highest BCUT2D eigenvalue weighted by Gasteiger charge is 2.34. The number of hydrogen-bond acceptors (Lipinski definition) is 2. The summed E-state index contributed by atoms with van der Waals surface area (Å²) in [5, 5.41) is 0. The van der Waals surface area contributed by atoms with Crippen LogP contribution in [0.3, 0.4) is 0 Å². The van der Waals surface area contributed by atoms with Crippen molar-refractivity contribution in [1.29, 1.82) is 0 Å². The lowest BCUT2D eigenvalue weighted by Gasteiger charge is -2.32. The van der Waals surface area contributed by atoms with Crippen molar-refractivity contribution in [1.82, 2.24) is 0 Å². The minimum Gasteiger partial charge on any atom is -0.319 e. The van der Waals surface area contributed by atoms with E-state index in [9.17, 15) is 4.79 Å². The topological polar surface area (TPSA) is 43.1 Å². The molecular weight excluding hydrogens is 186 g/mol. The fourth-order valence-corrected chi connectivity index (χ4v) is 2.58. The van der Waals surface area contributed by atoms with Gasteiger partial charge in [-0.2, -0.15) is 0 Å². The Morgan fingerprint density at radius 1 is 1.33 bits per heavy atom. The van der Waals surface area contributed by atoms with Crippen molar-refractivity contribution < 1.29 is 4.79 Å². The van der Waals surface area contributed by atoms with Gasteiger partial charge in [-0.05, 0) is 18.8 Å². The van der Waals surface area contributed by atoms with Gasteiger partial charge in [-0.1, -0.05) is 46.0 Å². The van der Waals surface area contributed by atoms with Crippen LogP contribution >= 0.6 is 0 Å². The molecule has 1 fully saturated rings. The van der Waals surface area contributed by atoms with E-state index in [0.717, 1.165) is 38.5 Å². The second-order valence-corrected chi connectivity index (χ2v) is 5.24. The number of Topliss-reactive ketones (excluding diaryl/α,β-unsaturated/α-hetero) is 1. The number of hydrogen-bond donors (Lipinski definition) is 1. The van der Waals surface area contributed by atoms with Crippen LogP contribution in [-0.4, -0.2) is 11.3 Å². The van der Waals surface area contributed by atoms with Crippen molar-refractivity contribution in [3.05, 3.63) is 0 Å². The second kappa shape index (κ2) is 5.64. The smallest absolute Gasteiger partial charge is 0.152 e. The van der Waals surface area contributed by atoms with Crippen LogP contribution in [0.1, 0.15) is 65.2 Å². The van der Waals surface area contributed by atoms with Crippen molar-refractivity contribution in [3.63, 3.8) is 0 Å². The Morgan fingerprint density at radius 3 is 2.47 bits per heavy atom. The molecule has 0 saturated heterocycles. The molecule has 0 radical (unpaired) electrons. The van der Waals surface area contributed by atoms with E-state index in [1.165, 1.54) is 6.42 Å². The van der Waals surface area contributed by atoms with Crippen LogP contribution in [-0.2, 0) is 4.79 Å². The van der Waals surface area contributed by atoms with E-state index < -0.39 is 5.54 Å². The lowest BCUT2D eigenvalue weighted by molar-refractivity contribution is -0.126. The van der Waals surface area contributed by atoms with Crippen LogP contribution in [0.4, 0.5) is 0 Å². The zero-order chi connectivity index (χ0) is 11.3. The van der Waals surface area contributed by atoms with E-state index >= 15 is 0 Å². The third kappa shape index (κ3) is 3.60. The van der Waals surface area contributed by atoms with Crippen LogP contribution in [0.15, 0.2) is 0 Å². The summed E-state index contributed by atoms with van der Waals surface area (Å²) in [6.45, 7) is 4.33. The Hall–Kier alpha value is -0.370. The molecule has 2 nitrogen and oxygen atoms in total. The first-order valence-corrected chi connectivity index (χ1v) is 6.40. The van der Waals surface area contributed by atoms with Gasteiger partial charge in [-0.3, -0.25) is 4.79 Å². The van der Waals surface area contributed by atoms with Crippen molar-refractivity contribution >= 4 is 5.78 Å². The van der Waals surface area contributed by atoms with Crippen LogP contribution in [0.2, 0.25) is 0 Å². The summed E-state index contributed by atoms with van der Waals surface area (Å²) in [6.07, 6.45) is 8.30. The maximum atomic E-state index is 12.1. The molecule has 0 aromatic rings. The zero-order valence-electron chi connectivity index (χ0n) is 10.2. The Kier molecular flexibility index (Phi) is 4.78. The van der Waals surface area contributed by atoms with Crippen LogP contribution in [0, 0.1) is 5.92 Å². The van der Waals surface area contributed by atoms with E-state index in [1.807, 2.05) is 0 Å². The first-order chi connectivity index (χ1) is 7.08. The monoisotopic (exact) mass is 211 g/mol. The minimum absolute atomic E-state index is 0.308. The van der Waals surface area contributed by atoms with Gasteiger partial charge in [0.2, 0.25) is 0 Å². The van der Waals surface area contributed by atoms with Crippen LogP contribution < -0.4 is 5.73 Å². The standard InChI is InChI=1S/C13H25NO/c1-3-7-11(2)10-12(15)13(14)8-5-4-6-9-13/h11H,3-10,14H2,1-2H3. The maximum Gasteiger partial charge on any atom is 0.152 e. The Balaban J connectivity index is 2.44. The van der Waals surface area contributed by atoms with Crippen molar-refractivity contribution in [2.75, 3.05) is 0 Å². The number of ketones is 1. The molecule has 0 bridgehead atoms. The minimum atomic E-state index is -0.472. The summed E-state index contributed by atoms with van der Waals surface area (Å²) >= 11 is 0. The lowest BCUT2D eigenvalue weighted by Crippen LogP contribution is -2.49. The average Bonchev–Trinajstić information content (AvgIpc) is 2.19. The van der Waals surface area contributed by atoms with Gasteiger partial charge in [-0.15, -0.1) is 0 Å². The van der Waals surface area contributed by atoms with E-state index in [2.05, 4.69) is 13.8 Å². The Labute approximate surface area is 93.6 Å². The highest BCUT2D eigenvalue weighted by Crippen LogP contribution is 2.29. The molecular formula is C13H25NO. The lowest BCUT2D eigenvalue weighted by atomic mass is 9.77. The summed E-state index contributed by atoms with van der Waals surface area (Å²) in [7, 11) is 0. The molecule has 1 aliphatic carbocycles. The molecule has 2 heteroatoms. The molecule has 15 heavy (non-hydrogen) atoms. The average molecular weight is 211 g/mol. The van der Waals surface area contributed by atoms with Gasteiger partial charge in [0, 0.05) is 6.42 Å². The molecule has 0 aromatic carbocycles. The quantitative estimate of drug-likeness (QED) is 0.759. The van der Waals surface area contributed by atoms with Gasteiger partial charge < -0.3 is 5.73 Å². The van der Waals surface area contributed by atoms with E-state index in [4.69, 9.17) is 5.73 Å². The summed E-state index contributed by atoms with van der Waals surface area (Å²) in [6, 6.07) is 0. The summed E-state index contributed by atoms with van der Waals surface area (Å²) < 4.78 is 0. The molecule has 0 spiro atoms. The zero-order valence-corrected chi connectivity index (χ0v) is 10.2. The van der Waals surface area contributed by atoms with Crippen molar-refractivity contribution in [2.24, 2.45) is 11.7 Å². The highest BCUT2D eigenvalue weighted by molar-refractivity contribution is 5.88. The van der Waals surface area contributed by atoms with E-state index in [-0.39, 0.29) is 0 Å².